The topological polar surface area (TPSA) is 95.9 Å². The third-order valence-corrected chi connectivity index (χ3v) is 4.27. The number of carboxylic acids is 1. The first-order valence-corrected chi connectivity index (χ1v) is 8.40. The largest absolute Gasteiger partial charge is 0.480 e. The lowest BCUT2D eigenvalue weighted by atomic mass is 10.2. The summed E-state index contributed by atoms with van der Waals surface area (Å²) < 4.78 is 5.23. The van der Waals surface area contributed by atoms with E-state index in [-0.39, 0.29) is 12.5 Å². The highest BCUT2D eigenvalue weighted by Gasteiger charge is 2.36. The molecule has 1 aromatic rings. The van der Waals surface area contributed by atoms with E-state index in [1.54, 1.807) is 13.8 Å². The van der Waals surface area contributed by atoms with Crippen molar-refractivity contribution < 1.29 is 24.2 Å². The molecule has 0 aliphatic carbocycles. The van der Waals surface area contributed by atoms with E-state index in [0.29, 0.717) is 19.4 Å². The summed E-state index contributed by atoms with van der Waals surface area (Å²) in [5, 5.41) is 12.1. The third kappa shape index (κ3) is 5.03. The quantitative estimate of drug-likeness (QED) is 0.718. The molecule has 7 nitrogen and oxygen atoms in total. The molecule has 0 aromatic heterocycles. The highest BCUT2D eigenvalue weighted by atomic mass is 16.5. The van der Waals surface area contributed by atoms with E-state index >= 15 is 0 Å². The molecule has 1 saturated heterocycles. The van der Waals surface area contributed by atoms with Gasteiger partial charge < -0.3 is 14.7 Å². The van der Waals surface area contributed by atoms with Crippen molar-refractivity contribution in [2.45, 2.75) is 51.4 Å². The fraction of sp³-hybridized carbons (Fsp3) is 0.500. The normalized spacial score (nSPS) is 19.3. The standard InChI is InChI=1S/C18H24N2O5/c1-12(16(21)20-10-6-9-15(20)17(22)23)19-13(2)18(24)25-11-14-7-4-3-5-8-14/h3-5,7-8,12-13,15,19H,6,9-11H2,1-2H3,(H,22,23)/t12?,13?,15-/m0/s1. The first-order valence-electron chi connectivity index (χ1n) is 8.40. The van der Waals surface area contributed by atoms with Crippen molar-refractivity contribution in [3.05, 3.63) is 35.9 Å². The molecule has 136 valence electrons. The number of ether oxygens (including phenoxy) is 1. The molecule has 2 rings (SSSR count). The number of amides is 1. The number of aliphatic carboxylic acids is 1. The van der Waals surface area contributed by atoms with Crippen LogP contribution in [0.1, 0.15) is 32.3 Å². The van der Waals surface area contributed by atoms with E-state index in [1.165, 1.54) is 4.90 Å². The number of hydrogen-bond acceptors (Lipinski definition) is 5. The Kier molecular flexibility index (Phi) is 6.52. The Morgan fingerprint density at radius 1 is 1.24 bits per heavy atom. The summed E-state index contributed by atoms with van der Waals surface area (Å²) in [6, 6.07) is 7.20. The first-order chi connectivity index (χ1) is 11.9. The van der Waals surface area contributed by atoms with Crippen LogP contribution in [0.5, 0.6) is 0 Å². The van der Waals surface area contributed by atoms with Crippen molar-refractivity contribution in [2.24, 2.45) is 0 Å². The Balaban J connectivity index is 1.84. The van der Waals surface area contributed by atoms with Crippen LogP contribution in [0, 0.1) is 0 Å². The second-order valence-corrected chi connectivity index (χ2v) is 6.23. The van der Waals surface area contributed by atoms with Crippen LogP contribution in [0.25, 0.3) is 0 Å². The summed E-state index contributed by atoms with van der Waals surface area (Å²) in [4.78, 5) is 37.1. The maximum Gasteiger partial charge on any atom is 0.326 e. The number of carbonyl (C=O) groups excluding carboxylic acids is 2. The summed E-state index contributed by atoms with van der Waals surface area (Å²) in [6.45, 7) is 3.84. The zero-order chi connectivity index (χ0) is 18.4. The van der Waals surface area contributed by atoms with E-state index < -0.39 is 30.1 Å². The third-order valence-electron chi connectivity index (χ3n) is 4.27. The summed E-state index contributed by atoms with van der Waals surface area (Å²) in [5.74, 6) is -1.76. The molecule has 1 heterocycles. The van der Waals surface area contributed by atoms with Crippen LogP contribution in [0.15, 0.2) is 30.3 Å². The Labute approximate surface area is 147 Å². The van der Waals surface area contributed by atoms with Crippen molar-refractivity contribution in [3.63, 3.8) is 0 Å². The molecule has 1 fully saturated rings. The SMILES string of the molecule is CC(NC(C)C(=O)N1CCC[C@H]1C(=O)O)C(=O)OCc1ccccc1. The molecule has 1 aliphatic heterocycles. The average Bonchev–Trinajstić information content (AvgIpc) is 3.09. The van der Waals surface area contributed by atoms with Gasteiger partial charge in [0.2, 0.25) is 5.91 Å². The monoisotopic (exact) mass is 348 g/mol. The number of nitrogens with zero attached hydrogens (tertiary/aromatic N) is 1. The van der Waals surface area contributed by atoms with Gasteiger partial charge in [-0.25, -0.2) is 4.79 Å². The van der Waals surface area contributed by atoms with Gasteiger partial charge >= 0.3 is 11.9 Å². The second kappa shape index (κ2) is 8.62. The van der Waals surface area contributed by atoms with Gasteiger partial charge in [-0.2, -0.15) is 0 Å². The van der Waals surface area contributed by atoms with Crippen molar-refractivity contribution in [2.75, 3.05) is 6.54 Å². The molecule has 1 aromatic carbocycles. The minimum atomic E-state index is -0.992. The first kappa shape index (κ1) is 18.9. The number of carboxylic acid groups (broad SMARTS) is 1. The van der Waals surface area contributed by atoms with E-state index in [4.69, 9.17) is 4.74 Å². The van der Waals surface area contributed by atoms with E-state index in [9.17, 15) is 19.5 Å². The number of hydrogen-bond donors (Lipinski definition) is 2. The summed E-state index contributed by atoms with van der Waals surface area (Å²) >= 11 is 0. The number of nitrogens with one attached hydrogen (secondary N) is 1. The summed E-state index contributed by atoms with van der Waals surface area (Å²) in [5.41, 5.74) is 0.883. The van der Waals surface area contributed by atoms with Gasteiger partial charge in [0.25, 0.3) is 0 Å². The van der Waals surface area contributed by atoms with Crippen LogP contribution in [-0.4, -0.2) is 52.5 Å². The fourth-order valence-electron chi connectivity index (χ4n) is 2.90. The fourth-order valence-corrected chi connectivity index (χ4v) is 2.90. The molecule has 0 spiro atoms. The predicted octanol–water partition coefficient (Wildman–Crippen LogP) is 1.17. The van der Waals surface area contributed by atoms with E-state index in [2.05, 4.69) is 5.32 Å². The summed E-state index contributed by atoms with van der Waals surface area (Å²) in [7, 11) is 0. The van der Waals surface area contributed by atoms with Crippen LogP contribution >= 0.6 is 0 Å². The Morgan fingerprint density at radius 2 is 1.92 bits per heavy atom. The van der Waals surface area contributed by atoms with Crippen molar-refractivity contribution in [1.82, 2.24) is 10.2 Å². The van der Waals surface area contributed by atoms with Gasteiger partial charge in [0.1, 0.15) is 18.7 Å². The van der Waals surface area contributed by atoms with Crippen LogP contribution < -0.4 is 5.32 Å². The number of benzene rings is 1. The lowest BCUT2D eigenvalue weighted by Crippen LogP contribution is -2.52. The van der Waals surface area contributed by atoms with Crippen LogP contribution in [0.4, 0.5) is 0 Å². The Bertz CT molecular complexity index is 619. The zero-order valence-electron chi connectivity index (χ0n) is 14.5. The second-order valence-electron chi connectivity index (χ2n) is 6.23. The molecule has 0 radical (unpaired) electrons. The molecule has 2 N–H and O–H groups in total. The van der Waals surface area contributed by atoms with Gasteiger partial charge in [0, 0.05) is 6.54 Å². The summed E-state index contributed by atoms with van der Waals surface area (Å²) in [6.07, 6.45) is 1.13. The van der Waals surface area contributed by atoms with Gasteiger partial charge in [-0.05, 0) is 32.3 Å². The highest BCUT2D eigenvalue weighted by molar-refractivity contribution is 5.88. The molecule has 1 amide bonds. The van der Waals surface area contributed by atoms with Crippen LogP contribution in [-0.2, 0) is 25.7 Å². The minimum absolute atomic E-state index is 0.168. The number of rotatable bonds is 7. The lowest BCUT2D eigenvalue weighted by molar-refractivity contribution is -0.150. The van der Waals surface area contributed by atoms with E-state index in [1.807, 2.05) is 30.3 Å². The number of likely N-dealkylation sites (tertiary alicyclic amines) is 1. The van der Waals surface area contributed by atoms with Gasteiger partial charge in [-0.15, -0.1) is 0 Å². The van der Waals surface area contributed by atoms with Gasteiger partial charge in [0.05, 0.1) is 6.04 Å². The maximum absolute atomic E-state index is 12.4. The molecular weight excluding hydrogens is 324 g/mol. The number of esters is 1. The molecule has 0 bridgehead atoms. The molecule has 7 heteroatoms. The van der Waals surface area contributed by atoms with Gasteiger partial charge in [-0.3, -0.25) is 14.9 Å². The average molecular weight is 348 g/mol. The molecule has 1 aliphatic rings. The smallest absolute Gasteiger partial charge is 0.326 e. The van der Waals surface area contributed by atoms with Crippen molar-refractivity contribution >= 4 is 17.8 Å². The van der Waals surface area contributed by atoms with Crippen LogP contribution in [0.3, 0.4) is 0 Å². The predicted molar refractivity (Wildman–Crippen MR) is 90.7 cm³/mol. The molecule has 2 unspecified atom stereocenters. The van der Waals surface area contributed by atoms with E-state index in [0.717, 1.165) is 5.56 Å². The molecule has 25 heavy (non-hydrogen) atoms. The Hall–Kier alpha value is -2.41. The van der Waals surface area contributed by atoms with Gasteiger partial charge in [-0.1, -0.05) is 30.3 Å². The highest BCUT2D eigenvalue weighted by Crippen LogP contribution is 2.18. The minimum Gasteiger partial charge on any atom is -0.480 e. The van der Waals surface area contributed by atoms with Crippen LogP contribution in [0.2, 0.25) is 0 Å². The zero-order valence-corrected chi connectivity index (χ0v) is 14.5. The number of carbonyl (C=O) groups is 3. The van der Waals surface area contributed by atoms with Crippen molar-refractivity contribution in [3.8, 4) is 0 Å². The van der Waals surface area contributed by atoms with Gasteiger partial charge in [0.15, 0.2) is 0 Å². The molecule has 3 atom stereocenters. The lowest BCUT2D eigenvalue weighted by Gasteiger charge is -2.26. The van der Waals surface area contributed by atoms with Crippen molar-refractivity contribution in [1.29, 1.82) is 0 Å². The molecule has 0 saturated carbocycles. The molecular formula is C18H24N2O5. The Morgan fingerprint density at radius 3 is 2.56 bits per heavy atom. The maximum atomic E-state index is 12.4.